The van der Waals surface area contributed by atoms with Crippen LogP contribution >= 0.6 is 11.8 Å². The Labute approximate surface area is 103 Å². The molecule has 1 rings (SSSR count). The van der Waals surface area contributed by atoms with Crippen LogP contribution in [0.15, 0.2) is 64.4 Å². The second kappa shape index (κ2) is 6.39. The Kier molecular flexibility index (Phi) is 5.13. The van der Waals surface area contributed by atoms with Crippen molar-refractivity contribution in [1.82, 2.24) is 0 Å². The highest BCUT2D eigenvalue weighted by Crippen LogP contribution is 2.28. The van der Waals surface area contributed by atoms with Gasteiger partial charge in [-0.1, -0.05) is 53.8 Å². The Bertz CT molecular complexity index is 425. The summed E-state index contributed by atoms with van der Waals surface area (Å²) in [6, 6.07) is 8.53. The van der Waals surface area contributed by atoms with Crippen LogP contribution in [0.5, 0.6) is 0 Å². The number of hydrogen-bond acceptors (Lipinski definition) is 1. The van der Waals surface area contributed by atoms with Gasteiger partial charge >= 0.3 is 0 Å². The first kappa shape index (κ1) is 12.9. The lowest BCUT2D eigenvalue weighted by Gasteiger charge is -2.03. The fourth-order valence-electron chi connectivity index (χ4n) is 1.33. The maximum atomic E-state index is 3.91. The lowest BCUT2D eigenvalue weighted by atomic mass is 10.2. The van der Waals surface area contributed by atoms with Gasteiger partial charge in [-0.05, 0) is 39.0 Å². The summed E-state index contributed by atoms with van der Waals surface area (Å²) in [5.74, 6) is 0. The minimum atomic E-state index is 1.08. The minimum Gasteiger partial charge on any atom is -0.0961 e. The number of thioether (sulfide) groups is 1. The molecule has 84 valence electrons. The average Bonchev–Trinajstić information content (AvgIpc) is 2.16. The van der Waals surface area contributed by atoms with Gasteiger partial charge in [0.1, 0.15) is 0 Å². The summed E-state index contributed by atoms with van der Waals surface area (Å²) in [4.78, 5) is 2.49. The largest absolute Gasteiger partial charge is 0.0961 e. The third kappa shape index (κ3) is 4.54. The summed E-state index contributed by atoms with van der Waals surface area (Å²) in [5.41, 5.74) is 2.37. The molecule has 0 bridgehead atoms. The molecule has 0 aliphatic heterocycles. The van der Waals surface area contributed by atoms with Gasteiger partial charge in [-0.25, -0.2) is 0 Å². The molecular weight excluding hydrogens is 212 g/mol. The molecule has 0 unspecified atom stereocenters. The summed E-state index contributed by atoms with van der Waals surface area (Å²) >= 11 is 1.77. The van der Waals surface area contributed by atoms with Gasteiger partial charge in [0, 0.05) is 9.80 Å². The fourth-order valence-corrected chi connectivity index (χ4v) is 2.46. The average molecular weight is 230 g/mol. The van der Waals surface area contributed by atoms with E-state index in [1.807, 2.05) is 13.8 Å². The normalized spacial score (nSPS) is 12.1. The molecule has 0 fully saturated rings. The van der Waals surface area contributed by atoms with Crippen molar-refractivity contribution < 1.29 is 0 Å². The zero-order valence-electron chi connectivity index (χ0n) is 10.2. The van der Waals surface area contributed by atoms with Gasteiger partial charge in [-0.15, -0.1) is 0 Å². The van der Waals surface area contributed by atoms with E-state index in [0.29, 0.717) is 0 Å². The third-order valence-electron chi connectivity index (χ3n) is 1.94. The zero-order chi connectivity index (χ0) is 12.0. The minimum absolute atomic E-state index is 1.08. The molecule has 0 radical (unpaired) electrons. The van der Waals surface area contributed by atoms with Crippen molar-refractivity contribution in [2.45, 2.75) is 25.7 Å². The highest BCUT2D eigenvalue weighted by atomic mass is 32.2. The molecule has 0 nitrogen and oxygen atoms in total. The van der Waals surface area contributed by atoms with Crippen molar-refractivity contribution >= 4 is 11.8 Å². The van der Waals surface area contributed by atoms with Crippen LogP contribution in [0.4, 0.5) is 0 Å². The van der Waals surface area contributed by atoms with E-state index in [9.17, 15) is 0 Å². The van der Waals surface area contributed by atoms with Crippen LogP contribution < -0.4 is 0 Å². The Hall–Kier alpha value is -1.21. The summed E-state index contributed by atoms with van der Waals surface area (Å²) in [7, 11) is 0. The monoisotopic (exact) mass is 230 g/mol. The molecule has 0 spiro atoms. The molecule has 16 heavy (non-hydrogen) atoms. The van der Waals surface area contributed by atoms with Crippen molar-refractivity contribution in [3.8, 4) is 0 Å². The predicted octanol–water partition coefficient (Wildman–Crippen LogP) is 5.12. The smallest absolute Gasteiger partial charge is 0.0124 e. The topological polar surface area (TPSA) is 0 Å². The van der Waals surface area contributed by atoms with E-state index in [1.54, 1.807) is 11.8 Å². The van der Waals surface area contributed by atoms with E-state index in [4.69, 9.17) is 0 Å². The summed E-state index contributed by atoms with van der Waals surface area (Å²) in [6.07, 6.45) is 6.27. The van der Waals surface area contributed by atoms with Crippen LogP contribution in [0.1, 0.15) is 19.4 Å². The Morgan fingerprint density at radius 1 is 1.38 bits per heavy atom. The second-order valence-corrected chi connectivity index (χ2v) is 4.96. The molecule has 0 amide bonds. The van der Waals surface area contributed by atoms with Gasteiger partial charge in [0.05, 0.1) is 0 Å². The van der Waals surface area contributed by atoms with Crippen LogP contribution in [-0.2, 0) is 0 Å². The van der Waals surface area contributed by atoms with E-state index in [0.717, 1.165) is 5.57 Å². The van der Waals surface area contributed by atoms with Crippen molar-refractivity contribution in [2.24, 2.45) is 0 Å². The molecule has 0 atom stereocenters. The molecule has 1 aromatic carbocycles. The van der Waals surface area contributed by atoms with Crippen molar-refractivity contribution in [2.75, 3.05) is 0 Å². The second-order valence-electron chi connectivity index (χ2n) is 3.81. The molecule has 0 saturated heterocycles. The number of allylic oxidation sites excluding steroid dienone is 4. The summed E-state index contributed by atoms with van der Waals surface area (Å²) in [6.45, 7) is 10.1. The van der Waals surface area contributed by atoms with Gasteiger partial charge in [-0.2, -0.15) is 0 Å². The van der Waals surface area contributed by atoms with Crippen molar-refractivity contribution in [3.05, 3.63) is 65.1 Å². The SMILES string of the molecule is C=C(C)/C=C(\C=C/C)Sc1cccc(C)c1. The quantitative estimate of drug-likeness (QED) is 0.511. The van der Waals surface area contributed by atoms with Crippen LogP contribution in [-0.4, -0.2) is 0 Å². The van der Waals surface area contributed by atoms with E-state index < -0.39 is 0 Å². The van der Waals surface area contributed by atoms with E-state index in [-0.39, 0.29) is 0 Å². The molecule has 0 aliphatic rings. The maximum Gasteiger partial charge on any atom is 0.0124 e. The molecule has 0 aliphatic carbocycles. The molecule has 1 heteroatoms. The molecule has 0 heterocycles. The summed E-state index contributed by atoms with van der Waals surface area (Å²) < 4.78 is 0. The van der Waals surface area contributed by atoms with Gasteiger partial charge in [0.25, 0.3) is 0 Å². The number of benzene rings is 1. The number of hydrogen-bond donors (Lipinski definition) is 0. The third-order valence-corrected chi connectivity index (χ3v) is 2.92. The summed E-state index contributed by atoms with van der Waals surface area (Å²) in [5, 5.41) is 0. The van der Waals surface area contributed by atoms with Gasteiger partial charge in [0.2, 0.25) is 0 Å². The van der Waals surface area contributed by atoms with Crippen LogP contribution in [0, 0.1) is 6.92 Å². The number of rotatable bonds is 4. The Balaban J connectivity index is 2.88. The number of aryl methyl sites for hydroxylation is 1. The Morgan fingerprint density at radius 2 is 2.12 bits per heavy atom. The lowest BCUT2D eigenvalue weighted by Crippen LogP contribution is -1.77. The van der Waals surface area contributed by atoms with Crippen molar-refractivity contribution in [1.29, 1.82) is 0 Å². The van der Waals surface area contributed by atoms with Crippen LogP contribution in [0.2, 0.25) is 0 Å². The van der Waals surface area contributed by atoms with Gasteiger partial charge in [-0.3, -0.25) is 0 Å². The standard InChI is InChI=1S/C15H18S/c1-5-7-14(10-12(2)3)16-15-9-6-8-13(4)11-15/h5-11H,2H2,1,3-4H3/b7-5-,14-10+. The highest BCUT2D eigenvalue weighted by molar-refractivity contribution is 8.03. The fraction of sp³-hybridized carbons (Fsp3) is 0.200. The molecule has 0 aromatic heterocycles. The maximum absolute atomic E-state index is 3.91. The predicted molar refractivity (Wildman–Crippen MR) is 74.7 cm³/mol. The molecule has 1 aromatic rings. The van der Waals surface area contributed by atoms with E-state index >= 15 is 0 Å². The van der Waals surface area contributed by atoms with Crippen LogP contribution in [0.25, 0.3) is 0 Å². The first-order valence-corrected chi connectivity index (χ1v) is 6.18. The van der Waals surface area contributed by atoms with Gasteiger partial charge in [0.15, 0.2) is 0 Å². The first-order chi connectivity index (χ1) is 7.61. The van der Waals surface area contributed by atoms with E-state index in [2.05, 4.69) is 56.0 Å². The molecular formula is C15H18S. The van der Waals surface area contributed by atoms with Gasteiger partial charge < -0.3 is 0 Å². The molecule has 0 N–H and O–H groups in total. The van der Waals surface area contributed by atoms with Crippen LogP contribution in [0.3, 0.4) is 0 Å². The highest BCUT2D eigenvalue weighted by Gasteiger charge is 1.97. The van der Waals surface area contributed by atoms with Crippen molar-refractivity contribution in [3.63, 3.8) is 0 Å². The lowest BCUT2D eigenvalue weighted by molar-refractivity contribution is 1.36. The first-order valence-electron chi connectivity index (χ1n) is 5.36. The van der Waals surface area contributed by atoms with E-state index in [1.165, 1.54) is 15.4 Å². The zero-order valence-corrected chi connectivity index (χ0v) is 11.0. The Morgan fingerprint density at radius 3 is 2.69 bits per heavy atom. The molecule has 0 saturated carbocycles.